The topological polar surface area (TPSA) is 60.9 Å². The molecule has 0 spiro atoms. The average Bonchev–Trinajstić information content (AvgIpc) is 2.86. The Morgan fingerprint density at radius 2 is 2.05 bits per heavy atom. The number of nitrogens with one attached hydrogen (secondary N) is 2. The van der Waals surface area contributed by atoms with Crippen LogP contribution in [0.3, 0.4) is 0 Å². The maximum atomic E-state index is 9.43. The number of aromatic hydroxyl groups is 1. The van der Waals surface area contributed by atoms with Gasteiger partial charge in [-0.15, -0.1) is 0 Å². The zero-order chi connectivity index (χ0) is 14.1. The molecule has 3 rings (SSSR count). The van der Waals surface area contributed by atoms with Crippen molar-refractivity contribution >= 4 is 22.3 Å². The molecule has 0 atom stereocenters. The van der Waals surface area contributed by atoms with Gasteiger partial charge in [-0.05, 0) is 36.8 Å². The first kappa shape index (κ1) is 12.3. The van der Waals surface area contributed by atoms with Gasteiger partial charge in [0, 0.05) is 11.1 Å². The zero-order valence-electron chi connectivity index (χ0n) is 11.1. The number of hydrogen-bond donors (Lipinski definition) is 3. The predicted molar refractivity (Wildman–Crippen MR) is 81.6 cm³/mol. The molecule has 0 aliphatic carbocycles. The molecule has 1 heterocycles. The minimum absolute atomic E-state index is 0.254. The Labute approximate surface area is 116 Å². The van der Waals surface area contributed by atoms with Crippen LogP contribution in [0.15, 0.2) is 49.0 Å². The van der Waals surface area contributed by atoms with Crippen LogP contribution in [0.2, 0.25) is 0 Å². The van der Waals surface area contributed by atoms with E-state index in [9.17, 15) is 5.11 Å². The van der Waals surface area contributed by atoms with Crippen molar-refractivity contribution < 1.29 is 5.11 Å². The summed E-state index contributed by atoms with van der Waals surface area (Å²) in [7, 11) is 0. The van der Waals surface area contributed by atoms with E-state index in [2.05, 4.69) is 22.1 Å². The monoisotopic (exact) mass is 265 g/mol. The number of para-hydroxylation sites is 1. The van der Waals surface area contributed by atoms with E-state index < -0.39 is 0 Å². The van der Waals surface area contributed by atoms with Crippen LogP contribution < -0.4 is 5.32 Å². The molecule has 0 saturated heterocycles. The Balaban J connectivity index is 1.93. The molecule has 3 N–H and O–H groups in total. The number of phenolic OH excluding ortho intramolecular Hbond substituents is 1. The number of aromatic amines is 1. The van der Waals surface area contributed by atoms with Crippen LogP contribution in [0, 0.1) is 6.92 Å². The first-order valence-electron chi connectivity index (χ1n) is 6.34. The largest absolute Gasteiger partial charge is 0.508 e. The van der Waals surface area contributed by atoms with Crippen molar-refractivity contribution in [2.24, 2.45) is 0 Å². The van der Waals surface area contributed by atoms with E-state index >= 15 is 0 Å². The highest BCUT2D eigenvalue weighted by Gasteiger charge is 2.09. The maximum Gasteiger partial charge on any atom is 0.116 e. The molecule has 0 unspecified atom stereocenters. The van der Waals surface area contributed by atoms with E-state index in [4.69, 9.17) is 0 Å². The molecule has 0 aliphatic heterocycles. The molecule has 0 amide bonds. The number of fused-ring (bicyclic) bond motifs is 1. The van der Waals surface area contributed by atoms with Gasteiger partial charge in [0.2, 0.25) is 0 Å². The van der Waals surface area contributed by atoms with Crippen LogP contribution in [0.4, 0.5) is 5.69 Å². The number of nitrogens with zero attached hydrogens (tertiary/aromatic N) is 1. The van der Waals surface area contributed by atoms with Gasteiger partial charge in [0.25, 0.3) is 0 Å². The van der Waals surface area contributed by atoms with Gasteiger partial charge >= 0.3 is 0 Å². The molecule has 4 nitrogen and oxygen atoms in total. The van der Waals surface area contributed by atoms with E-state index in [-0.39, 0.29) is 5.75 Å². The third-order valence-electron chi connectivity index (χ3n) is 3.25. The van der Waals surface area contributed by atoms with Crippen LogP contribution in [0.25, 0.3) is 16.6 Å². The van der Waals surface area contributed by atoms with Crippen molar-refractivity contribution in [3.05, 3.63) is 60.3 Å². The second-order valence-corrected chi connectivity index (χ2v) is 4.72. The quantitative estimate of drug-likeness (QED) is 0.633. The van der Waals surface area contributed by atoms with Crippen LogP contribution in [0.5, 0.6) is 5.75 Å². The fourth-order valence-electron chi connectivity index (χ4n) is 2.20. The molecule has 2 aromatic carbocycles. The smallest absolute Gasteiger partial charge is 0.116 e. The van der Waals surface area contributed by atoms with Crippen molar-refractivity contribution in [2.45, 2.75) is 6.92 Å². The minimum Gasteiger partial charge on any atom is -0.508 e. The molecule has 0 saturated carbocycles. The Kier molecular flexibility index (Phi) is 2.91. The second kappa shape index (κ2) is 4.74. The number of hydrogen-bond acceptors (Lipinski definition) is 3. The number of aromatic nitrogens is 2. The molecule has 20 heavy (non-hydrogen) atoms. The van der Waals surface area contributed by atoms with Gasteiger partial charge in [0.05, 0.1) is 11.2 Å². The Bertz CT molecular complexity index is 789. The molecule has 0 aliphatic rings. The lowest BCUT2D eigenvalue weighted by molar-refractivity contribution is 0.475. The summed E-state index contributed by atoms with van der Waals surface area (Å²) in [5.41, 5.74) is 4.35. The van der Waals surface area contributed by atoms with Gasteiger partial charge in [0.15, 0.2) is 0 Å². The van der Waals surface area contributed by atoms with Crippen LogP contribution in [-0.4, -0.2) is 15.3 Å². The molecule has 0 bridgehead atoms. The van der Waals surface area contributed by atoms with Crippen LogP contribution in [0.1, 0.15) is 11.3 Å². The molecular weight excluding hydrogens is 250 g/mol. The maximum absolute atomic E-state index is 9.43. The fourth-order valence-corrected chi connectivity index (χ4v) is 2.20. The molecular formula is C16H15N3O. The van der Waals surface area contributed by atoms with Crippen LogP contribution >= 0.6 is 0 Å². The lowest BCUT2D eigenvalue weighted by Crippen LogP contribution is -1.99. The van der Waals surface area contributed by atoms with Crippen molar-refractivity contribution in [3.8, 4) is 5.75 Å². The molecule has 0 radical (unpaired) electrons. The fraction of sp³-hybridized carbons (Fsp3) is 0.0625. The van der Waals surface area contributed by atoms with E-state index in [0.717, 1.165) is 33.5 Å². The highest BCUT2D eigenvalue weighted by molar-refractivity contribution is 5.92. The summed E-state index contributed by atoms with van der Waals surface area (Å²) in [6, 6.07) is 13.1. The van der Waals surface area contributed by atoms with Crippen molar-refractivity contribution in [1.82, 2.24) is 10.2 Å². The van der Waals surface area contributed by atoms with Gasteiger partial charge in [-0.25, -0.2) is 0 Å². The SMILES string of the molecule is C=C(Nc1ccc(O)cc1C)c1n[nH]c2ccccc12. The number of aryl methyl sites for hydroxylation is 1. The van der Waals surface area contributed by atoms with E-state index in [1.54, 1.807) is 12.1 Å². The highest BCUT2D eigenvalue weighted by Crippen LogP contribution is 2.26. The zero-order valence-corrected chi connectivity index (χ0v) is 11.1. The first-order chi connectivity index (χ1) is 9.65. The molecule has 1 aromatic heterocycles. The van der Waals surface area contributed by atoms with Crippen molar-refractivity contribution in [1.29, 1.82) is 0 Å². The summed E-state index contributed by atoms with van der Waals surface area (Å²) in [6.45, 7) is 5.98. The third-order valence-corrected chi connectivity index (χ3v) is 3.25. The summed E-state index contributed by atoms with van der Waals surface area (Å²) < 4.78 is 0. The summed E-state index contributed by atoms with van der Waals surface area (Å²) in [5, 5.41) is 21.0. The summed E-state index contributed by atoms with van der Waals surface area (Å²) in [5.74, 6) is 0.254. The highest BCUT2D eigenvalue weighted by atomic mass is 16.3. The third kappa shape index (κ3) is 2.12. The standard InChI is InChI=1S/C16H15N3O/c1-10-9-12(20)7-8-14(10)17-11(2)16-13-5-3-4-6-15(13)18-19-16/h3-9,17,20H,2H2,1H3,(H,18,19). The van der Waals surface area contributed by atoms with E-state index in [1.165, 1.54) is 0 Å². The molecule has 4 heteroatoms. The normalized spacial score (nSPS) is 10.7. The summed E-state index contributed by atoms with van der Waals surface area (Å²) >= 11 is 0. The molecule has 3 aromatic rings. The van der Waals surface area contributed by atoms with Gasteiger partial charge in [0.1, 0.15) is 11.4 Å². The van der Waals surface area contributed by atoms with Crippen molar-refractivity contribution in [2.75, 3.05) is 5.32 Å². The summed E-state index contributed by atoms with van der Waals surface area (Å²) in [6.07, 6.45) is 0. The van der Waals surface area contributed by atoms with E-state index in [0.29, 0.717) is 0 Å². The van der Waals surface area contributed by atoms with E-state index in [1.807, 2.05) is 37.3 Å². The predicted octanol–water partition coefficient (Wildman–Crippen LogP) is 3.66. The summed E-state index contributed by atoms with van der Waals surface area (Å²) in [4.78, 5) is 0. The number of phenols is 1. The van der Waals surface area contributed by atoms with Gasteiger partial charge in [-0.1, -0.05) is 24.8 Å². The number of H-pyrrole nitrogens is 1. The Morgan fingerprint density at radius 1 is 1.25 bits per heavy atom. The van der Waals surface area contributed by atoms with Gasteiger partial charge in [-0.3, -0.25) is 5.10 Å². The Morgan fingerprint density at radius 3 is 2.85 bits per heavy atom. The van der Waals surface area contributed by atoms with Crippen LogP contribution in [-0.2, 0) is 0 Å². The molecule has 100 valence electrons. The Hall–Kier alpha value is -2.75. The average molecular weight is 265 g/mol. The number of anilines is 1. The second-order valence-electron chi connectivity index (χ2n) is 4.72. The lowest BCUT2D eigenvalue weighted by Gasteiger charge is -2.11. The van der Waals surface area contributed by atoms with Crippen molar-refractivity contribution in [3.63, 3.8) is 0 Å². The number of rotatable bonds is 3. The van der Waals surface area contributed by atoms with Gasteiger partial charge in [-0.2, -0.15) is 5.10 Å². The molecule has 0 fully saturated rings. The van der Waals surface area contributed by atoms with Gasteiger partial charge < -0.3 is 10.4 Å². The minimum atomic E-state index is 0.254. The lowest BCUT2D eigenvalue weighted by atomic mass is 10.1. The number of benzene rings is 2. The first-order valence-corrected chi connectivity index (χ1v) is 6.34.